The highest BCUT2D eigenvalue weighted by atomic mass is 16.6. The van der Waals surface area contributed by atoms with Gasteiger partial charge in [-0.3, -0.25) is 4.79 Å². The summed E-state index contributed by atoms with van der Waals surface area (Å²) in [6.45, 7) is 6.98. The van der Waals surface area contributed by atoms with E-state index in [1.165, 1.54) is 0 Å². The molecule has 1 aliphatic heterocycles. The Morgan fingerprint density at radius 2 is 2.17 bits per heavy atom. The van der Waals surface area contributed by atoms with Crippen LogP contribution in [0, 0.1) is 11.8 Å². The average molecular weight is 251 g/mol. The summed E-state index contributed by atoms with van der Waals surface area (Å²) in [4.78, 5) is 25.1. The second-order valence-corrected chi connectivity index (χ2v) is 6.17. The molecule has 4 nitrogen and oxygen atoms in total. The third-order valence-electron chi connectivity index (χ3n) is 3.45. The van der Waals surface area contributed by atoms with Gasteiger partial charge in [0.05, 0.1) is 0 Å². The summed E-state index contributed by atoms with van der Waals surface area (Å²) in [5.74, 6) is 0.923. The van der Waals surface area contributed by atoms with E-state index in [0.29, 0.717) is 31.3 Å². The van der Waals surface area contributed by atoms with Gasteiger partial charge in [-0.05, 0) is 45.1 Å². The Morgan fingerprint density at radius 3 is 2.83 bits per heavy atom. The molecule has 0 saturated carbocycles. The highest BCUT2D eigenvalue weighted by Crippen LogP contribution is 2.31. The van der Waals surface area contributed by atoms with Crippen molar-refractivity contribution in [2.45, 2.75) is 39.2 Å². The summed E-state index contributed by atoms with van der Waals surface area (Å²) in [5, 5.41) is 0. The summed E-state index contributed by atoms with van der Waals surface area (Å²) >= 11 is 0. The van der Waals surface area contributed by atoms with Gasteiger partial charge in [0.25, 0.3) is 0 Å². The van der Waals surface area contributed by atoms with Gasteiger partial charge >= 0.3 is 6.09 Å². The zero-order valence-electron chi connectivity index (χ0n) is 11.3. The number of nitrogens with zero attached hydrogens (tertiary/aromatic N) is 1. The first-order chi connectivity index (χ1) is 8.35. The standard InChI is InChI=1S/C14H21NO3/c1-14(2,3)18-13(17)15-7-6-10-8-12(16)5-4-11(10)9-15/h4-5,10-11H,6-9H2,1-3H3/t10-,11+/m0/s1. The van der Waals surface area contributed by atoms with E-state index in [4.69, 9.17) is 4.74 Å². The number of fused-ring (bicyclic) bond motifs is 1. The predicted octanol–water partition coefficient (Wildman–Crippen LogP) is 2.39. The van der Waals surface area contributed by atoms with E-state index in [1.54, 1.807) is 11.0 Å². The number of ketones is 1. The van der Waals surface area contributed by atoms with E-state index in [-0.39, 0.29) is 11.9 Å². The molecule has 1 fully saturated rings. The molecule has 1 aliphatic carbocycles. The maximum atomic E-state index is 12.0. The van der Waals surface area contributed by atoms with Crippen LogP contribution in [-0.2, 0) is 9.53 Å². The molecule has 1 heterocycles. The molecule has 0 aromatic heterocycles. The zero-order chi connectivity index (χ0) is 13.3. The molecule has 0 bridgehead atoms. The predicted molar refractivity (Wildman–Crippen MR) is 68.2 cm³/mol. The lowest BCUT2D eigenvalue weighted by Crippen LogP contribution is -2.46. The average Bonchev–Trinajstić information content (AvgIpc) is 2.26. The molecule has 100 valence electrons. The molecule has 0 radical (unpaired) electrons. The van der Waals surface area contributed by atoms with Crippen LogP contribution < -0.4 is 0 Å². The van der Waals surface area contributed by atoms with E-state index in [0.717, 1.165) is 6.42 Å². The van der Waals surface area contributed by atoms with Crippen LogP contribution in [0.2, 0.25) is 0 Å². The molecule has 0 unspecified atom stereocenters. The molecule has 18 heavy (non-hydrogen) atoms. The Kier molecular flexibility index (Phi) is 3.46. The molecular formula is C14H21NO3. The summed E-state index contributed by atoms with van der Waals surface area (Å²) in [6.07, 6.45) is 4.88. The van der Waals surface area contributed by atoms with E-state index in [9.17, 15) is 9.59 Å². The number of amides is 1. The number of carbonyl (C=O) groups is 2. The summed E-state index contributed by atoms with van der Waals surface area (Å²) in [7, 11) is 0. The zero-order valence-corrected chi connectivity index (χ0v) is 11.3. The van der Waals surface area contributed by atoms with Crippen molar-refractivity contribution in [1.29, 1.82) is 0 Å². The number of hydrogen-bond acceptors (Lipinski definition) is 3. The minimum absolute atomic E-state index is 0.210. The van der Waals surface area contributed by atoms with Gasteiger partial charge in [-0.1, -0.05) is 6.08 Å². The molecule has 1 saturated heterocycles. The number of rotatable bonds is 0. The Balaban J connectivity index is 1.96. The topological polar surface area (TPSA) is 46.6 Å². The van der Waals surface area contributed by atoms with Gasteiger partial charge in [-0.15, -0.1) is 0 Å². The fourth-order valence-corrected chi connectivity index (χ4v) is 2.55. The molecule has 0 aromatic rings. The third kappa shape index (κ3) is 3.12. The second kappa shape index (κ2) is 4.75. The monoisotopic (exact) mass is 251 g/mol. The van der Waals surface area contributed by atoms with Crippen LogP contribution in [0.1, 0.15) is 33.6 Å². The molecular weight excluding hydrogens is 230 g/mol. The number of hydrogen-bond donors (Lipinski definition) is 0. The van der Waals surface area contributed by atoms with E-state index >= 15 is 0 Å². The van der Waals surface area contributed by atoms with Crippen LogP contribution in [0.25, 0.3) is 0 Å². The van der Waals surface area contributed by atoms with Crippen molar-refractivity contribution in [2.24, 2.45) is 11.8 Å². The van der Waals surface area contributed by atoms with Gasteiger partial charge in [-0.2, -0.15) is 0 Å². The Bertz CT molecular complexity index is 381. The van der Waals surface area contributed by atoms with E-state index < -0.39 is 5.60 Å². The highest BCUT2D eigenvalue weighted by molar-refractivity contribution is 5.90. The van der Waals surface area contributed by atoms with Crippen LogP contribution in [0.5, 0.6) is 0 Å². The maximum Gasteiger partial charge on any atom is 0.410 e. The quantitative estimate of drug-likeness (QED) is 0.664. The molecule has 0 aromatic carbocycles. The largest absolute Gasteiger partial charge is 0.444 e. The molecule has 2 aliphatic rings. The lowest BCUT2D eigenvalue weighted by atomic mass is 9.78. The molecule has 0 spiro atoms. The van der Waals surface area contributed by atoms with Crippen molar-refractivity contribution >= 4 is 11.9 Å². The van der Waals surface area contributed by atoms with E-state index in [1.807, 2.05) is 26.8 Å². The van der Waals surface area contributed by atoms with Gasteiger partial charge in [0.2, 0.25) is 0 Å². The summed E-state index contributed by atoms with van der Waals surface area (Å²) in [6, 6.07) is 0. The minimum Gasteiger partial charge on any atom is -0.444 e. The lowest BCUT2D eigenvalue weighted by molar-refractivity contribution is -0.116. The fraction of sp³-hybridized carbons (Fsp3) is 0.714. The molecule has 2 atom stereocenters. The number of ether oxygens (including phenoxy) is 1. The third-order valence-corrected chi connectivity index (χ3v) is 3.45. The smallest absolute Gasteiger partial charge is 0.410 e. The van der Waals surface area contributed by atoms with Gasteiger partial charge < -0.3 is 9.64 Å². The van der Waals surface area contributed by atoms with Crippen LogP contribution in [0.15, 0.2) is 12.2 Å². The van der Waals surface area contributed by atoms with Crippen LogP contribution in [-0.4, -0.2) is 35.5 Å². The Hall–Kier alpha value is -1.32. The molecule has 0 N–H and O–H groups in total. The molecule has 4 heteroatoms. The van der Waals surface area contributed by atoms with Crippen molar-refractivity contribution in [1.82, 2.24) is 4.90 Å². The lowest BCUT2D eigenvalue weighted by Gasteiger charge is -2.38. The van der Waals surface area contributed by atoms with Gasteiger partial charge in [-0.25, -0.2) is 4.79 Å². The van der Waals surface area contributed by atoms with Gasteiger partial charge in [0.1, 0.15) is 5.60 Å². The molecule has 1 amide bonds. The van der Waals surface area contributed by atoms with Crippen molar-refractivity contribution in [3.8, 4) is 0 Å². The first-order valence-electron chi connectivity index (χ1n) is 6.54. The maximum absolute atomic E-state index is 12.0. The first-order valence-corrected chi connectivity index (χ1v) is 6.54. The van der Waals surface area contributed by atoms with Crippen molar-refractivity contribution < 1.29 is 14.3 Å². The van der Waals surface area contributed by atoms with Crippen molar-refractivity contribution in [3.05, 3.63) is 12.2 Å². The summed E-state index contributed by atoms with van der Waals surface area (Å²) < 4.78 is 5.37. The highest BCUT2D eigenvalue weighted by Gasteiger charge is 2.34. The number of piperidine rings is 1. The first kappa shape index (κ1) is 13.1. The summed E-state index contributed by atoms with van der Waals surface area (Å²) in [5.41, 5.74) is -0.452. The van der Waals surface area contributed by atoms with Crippen LogP contribution in [0.3, 0.4) is 0 Å². The SMILES string of the molecule is CC(C)(C)OC(=O)N1CC[C@H]2CC(=O)C=C[C@@H]2C1. The number of allylic oxidation sites excluding steroid dienone is 1. The van der Waals surface area contributed by atoms with Crippen molar-refractivity contribution in [2.75, 3.05) is 13.1 Å². The van der Waals surface area contributed by atoms with Gasteiger partial charge in [0.15, 0.2) is 5.78 Å². The minimum atomic E-state index is -0.452. The number of carbonyl (C=O) groups excluding carboxylic acids is 2. The van der Waals surface area contributed by atoms with E-state index in [2.05, 4.69) is 0 Å². The normalized spacial score (nSPS) is 27.9. The number of likely N-dealkylation sites (tertiary alicyclic amines) is 1. The van der Waals surface area contributed by atoms with Crippen LogP contribution >= 0.6 is 0 Å². The van der Waals surface area contributed by atoms with Crippen LogP contribution in [0.4, 0.5) is 4.79 Å². The second-order valence-electron chi connectivity index (χ2n) is 6.17. The Morgan fingerprint density at radius 1 is 1.44 bits per heavy atom. The van der Waals surface area contributed by atoms with Gasteiger partial charge in [0, 0.05) is 19.5 Å². The molecule has 2 rings (SSSR count). The Labute approximate surface area is 108 Å². The van der Waals surface area contributed by atoms with Crippen molar-refractivity contribution in [3.63, 3.8) is 0 Å². The fourth-order valence-electron chi connectivity index (χ4n) is 2.55.